The van der Waals surface area contributed by atoms with E-state index in [4.69, 9.17) is 16.3 Å². The average Bonchev–Trinajstić information content (AvgIpc) is 2.82. The van der Waals surface area contributed by atoms with Gasteiger partial charge in [0.2, 0.25) is 5.91 Å². The Kier molecular flexibility index (Phi) is 7.54. The number of nitrogens with zero attached hydrogens (tertiary/aromatic N) is 2. The Morgan fingerprint density at radius 3 is 2.55 bits per heavy atom. The molecular formula is C26H38ClN3O3. The molecule has 6 nitrogen and oxygen atoms in total. The van der Waals surface area contributed by atoms with Crippen molar-refractivity contribution in [3.63, 3.8) is 0 Å². The lowest BCUT2D eigenvalue weighted by atomic mass is 9.67. The van der Waals surface area contributed by atoms with E-state index >= 15 is 0 Å². The predicted octanol–water partition coefficient (Wildman–Crippen LogP) is 4.59. The summed E-state index contributed by atoms with van der Waals surface area (Å²) in [5.74, 6) is 1.80. The van der Waals surface area contributed by atoms with Crippen LogP contribution in [0.25, 0.3) is 0 Å². The van der Waals surface area contributed by atoms with Crippen molar-refractivity contribution in [3.8, 4) is 0 Å². The Morgan fingerprint density at radius 2 is 1.91 bits per heavy atom. The van der Waals surface area contributed by atoms with Crippen molar-refractivity contribution in [3.05, 3.63) is 34.3 Å². The minimum Gasteiger partial charge on any atom is -0.448 e. The molecule has 182 valence electrons. The fourth-order valence-electron chi connectivity index (χ4n) is 6.24. The first-order chi connectivity index (χ1) is 15.8. The maximum Gasteiger partial charge on any atom is 0.406 e. The van der Waals surface area contributed by atoms with Gasteiger partial charge in [0.15, 0.2) is 0 Å². The highest BCUT2D eigenvalue weighted by atomic mass is 35.5. The molecule has 0 radical (unpaired) electrons. The van der Waals surface area contributed by atoms with Gasteiger partial charge in [0.25, 0.3) is 0 Å². The molecule has 1 N–H and O–H groups in total. The van der Waals surface area contributed by atoms with E-state index in [2.05, 4.69) is 30.1 Å². The first-order valence-electron chi connectivity index (χ1n) is 12.5. The lowest BCUT2D eigenvalue weighted by molar-refractivity contribution is -0.142. The highest BCUT2D eigenvalue weighted by molar-refractivity contribution is 6.30. The van der Waals surface area contributed by atoms with Crippen LogP contribution in [0.2, 0.25) is 5.02 Å². The lowest BCUT2D eigenvalue weighted by Gasteiger charge is -2.49. The number of carbonyl (C=O) groups excluding carboxylic acids is 2. The largest absolute Gasteiger partial charge is 0.448 e. The van der Waals surface area contributed by atoms with Gasteiger partial charge in [-0.1, -0.05) is 31.5 Å². The molecule has 1 saturated carbocycles. The second kappa shape index (κ2) is 10.2. The van der Waals surface area contributed by atoms with Crippen LogP contribution in [0.5, 0.6) is 0 Å². The molecule has 3 aliphatic rings. The molecular weight excluding hydrogens is 438 g/mol. The summed E-state index contributed by atoms with van der Waals surface area (Å²) in [5.41, 5.74) is 1.76. The molecule has 2 amide bonds. The van der Waals surface area contributed by atoms with E-state index < -0.39 is 11.5 Å². The second-order valence-electron chi connectivity index (χ2n) is 10.3. The van der Waals surface area contributed by atoms with Crippen molar-refractivity contribution in [2.75, 3.05) is 33.3 Å². The Labute approximate surface area is 203 Å². The summed E-state index contributed by atoms with van der Waals surface area (Å²) >= 11 is 6.32. The summed E-state index contributed by atoms with van der Waals surface area (Å²) in [6.45, 7) is 7.68. The number of carbonyl (C=O) groups is 2. The number of fused-ring (bicyclic) bond motifs is 2. The molecule has 0 aromatic heterocycles. The van der Waals surface area contributed by atoms with Crippen LogP contribution in [-0.4, -0.2) is 61.1 Å². The zero-order valence-electron chi connectivity index (χ0n) is 20.2. The van der Waals surface area contributed by atoms with Crippen LogP contribution in [0, 0.1) is 11.8 Å². The Hall–Kier alpha value is -1.79. The van der Waals surface area contributed by atoms with Crippen LogP contribution >= 0.6 is 11.6 Å². The number of alkyl carbamates (subject to hydrolysis) is 1. The minimum atomic E-state index is -0.503. The summed E-state index contributed by atoms with van der Waals surface area (Å²) in [5, 5.41) is 3.14. The van der Waals surface area contributed by atoms with Crippen molar-refractivity contribution in [2.24, 2.45) is 11.8 Å². The molecule has 2 fully saturated rings. The predicted molar refractivity (Wildman–Crippen MR) is 130 cm³/mol. The van der Waals surface area contributed by atoms with Gasteiger partial charge in [-0.2, -0.15) is 0 Å². The summed E-state index contributed by atoms with van der Waals surface area (Å²) in [7, 11) is 1.53. The molecule has 4 rings (SSSR count). The van der Waals surface area contributed by atoms with Crippen molar-refractivity contribution in [1.29, 1.82) is 0 Å². The first-order valence-corrected chi connectivity index (χ1v) is 12.9. The third-order valence-corrected chi connectivity index (χ3v) is 8.53. The first kappa shape index (κ1) is 24.3. The lowest BCUT2D eigenvalue weighted by Crippen LogP contribution is -2.57. The zero-order valence-corrected chi connectivity index (χ0v) is 21.0. The fourth-order valence-corrected chi connectivity index (χ4v) is 6.44. The van der Waals surface area contributed by atoms with Gasteiger partial charge in [-0.15, -0.1) is 0 Å². The summed E-state index contributed by atoms with van der Waals surface area (Å²) in [6, 6.07) is 6.63. The van der Waals surface area contributed by atoms with Crippen molar-refractivity contribution in [1.82, 2.24) is 15.1 Å². The minimum absolute atomic E-state index is 0.168. The Bertz CT molecular complexity index is 858. The SMILES string of the molecule is CNC(=O)OCCN1Cc2cc(Cl)ccc2C2(CCN(C3CCC(C(C)C)CC3)CC2)C1=O. The van der Waals surface area contributed by atoms with Gasteiger partial charge >= 0.3 is 6.09 Å². The van der Waals surface area contributed by atoms with E-state index in [1.54, 1.807) is 0 Å². The maximum absolute atomic E-state index is 13.8. The second-order valence-corrected chi connectivity index (χ2v) is 10.8. The number of amides is 2. The molecule has 1 spiro atoms. The van der Waals surface area contributed by atoms with E-state index in [9.17, 15) is 9.59 Å². The molecule has 7 heteroatoms. The normalized spacial score (nSPS) is 25.2. The van der Waals surface area contributed by atoms with Gasteiger partial charge in [0.1, 0.15) is 6.61 Å². The Balaban J connectivity index is 1.47. The van der Waals surface area contributed by atoms with Crippen LogP contribution in [0.1, 0.15) is 63.5 Å². The number of ether oxygens (including phenoxy) is 1. The molecule has 0 bridgehead atoms. The van der Waals surface area contributed by atoms with Crippen LogP contribution in [0.3, 0.4) is 0 Å². The van der Waals surface area contributed by atoms with Crippen LogP contribution in [-0.2, 0) is 21.5 Å². The number of hydrogen-bond donors (Lipinski definition) is 1. The number of rotatable bonds is 5. The molecule has 33 heavy (non-hydrogen) atoms. The molecule has 0 unspecified atom stereocenters. The molecule has 2 aliphatic heterocycles. The molecule has 2 heterocycles. The Morgan fingerprint density at radius 1 is 1.21 bits per heavy atom. The summed E-state index contributed by atoms with van der Waals surface area (Å²) in [4.78, 5) is 29.8. The topological polar surface area (TPSA) is 61.9 Å². The quantitative estimate of drug-likeness (QED) is 0.676. The average molecular weight is 476 g/mol. The van der Waals surface area contributed by atoms with E-state index in [1.807, 2.05) is 17.0 Å². The monoisotopic (exact) mass is 475 g/mol. The van der Waals surface area contributed by atoms with E-state index in [-0.39, 0.29) is 12.5 Å². The van der Waals surface area contributed by atoms with Gasteiger partial charge in [-0.25, -0.2) is 4.79 Å². The van der Waals surface area contributed by atoms with Crippen molar-refractivity contribution < 1.29 is 14.3 Å². The molecule has 1 aromatic carbocycles. The molecule has 1 aromatic rings. The number of halogens is 1. The van der Waals surface area contributed by atoms with Gasteiger partial charge < -0.3 is 19.9 Å². The fraction of sp³-hybridized carbons (Fsp3) is 0.692. The maximum atomic E-state index is 13.8. The summed E-state index contributed by atoms with van der Waals surface area (Å²) < 4.78 is 5.17. The molecule has 1 saturated heterocycles. The number of hydrogen-bond acceptors (Lipinski definition) is 4. The number of piperidine rings is 1. The molecule has 1 aliphatic carbocycles. The number of benzene rings is 1. The summed E-state index contributed by atoms with van der Waals surface area (Å²) in [6.07, 6.45) is 6.39. The number of nitrogens with one attached hydrogen (secondary N) is 1. The van der Waals surface area contributed by atoms with Crippen LogP contribution in [0.4, 0.5) is 4.79 Å². The van der Waals surface area contributed by atoms with E-state index in [1.165, 1.54) is 32.7 Å². The van der Waals surface area contributed by atoms with Crippen molar-refractivity contribution >= 4 is 23.6 Å². The third kappa shape index (κ3) is 5.02. The smallest absolute Gasteiger partial charge is 0.406 e. The van der Waals surface area contributed by atoms with Gasteiger partial charge in [0.05, 0.1) is 12.0 Å². The number of likely N-dealkylation sites (tertiary alicyclic amines) is 1. The highest BCUT2D eigenvalue weighted by Gasteiger charge is 2.49. The standard InChI is InChI=1S/C26H38ClN3O3/c1-18(2)19-4-7-22(8-5-19)29-12-10-26(11-13-29)23-9-6-21(27)16-20(23)17-30(24(26)31)14-15-33-25(32)28-3/h6,9,16,18-19,22H,4-5,7-8,10-15,17H2,1-3H3,(H,28,32). The van der Waals surface area contributed by atoms with Gasteiger partial charge in [0, 0.05) is 24.7 Å². The molecule has 0 atom stereocenters. The zero-order chi connectivity index (χ0) is 23.6. The van der Waals surface area contributed by atoms with Crippen LogP contribution < -0.4 is 5.32 Å². The van der Waals surface area contributed by atoms with Crippen molar-refractivity contribution in [2.45, 2.75) is 70.4 Å². The third-order valence-electron chi connectivity index (χ3n) is 8.29. The van der Waals surface area contributed by atoms with Crippen LogP contribution in [0.15, 0.2) is 18.2 Å². The van der Waals surface area contributed by atoms with E-state index in [0.717, 1.165) is 48.9 Å². The highest BCUT2D eigenvalue weighted by Crippen LogP contribution is 2.44. The van der Waals surface area contributed by atoms with Gasteiger partial charge in [-0.05, 0) is 86.7 Å². The van der Waals surface area contributed by atoms with E-state index in [0.29, 0.717) is 24.2 Å². The van der Waals surface area contributed by atoms with Gasteiger partial charge in [-0.3, -0.25) is 4.79 Å².